The largest absolute Gasteiger partial charge is 0.481 e. The van der Waals surface area contributed by atoms with Gasteiger partial charge in [-0.1, -0.05) is 0 Å². The van der Waals surface area contributed by atoms with Gasteiger partial charge >= 0.3 is 5.97 Å². The molecule has 1 N–H and O–H groups in total. The van der Waals surface area contributed by atoms with Crippen LogP contribution in [0.2, 0.25) is 0 Å². The summed E-state index contributed by atoms with van der Waals surface area (Å²) in [7, 11) is 0. The molecule has 0 radical (unpaired) electrons. The number of rotatable bonds is 3. The van der Waals surface area contributed by atoms with Gasteiger partial charge in [-0.15, -0.1) is 0 Å². The van der Waals surface area contributed by atoms with Crippen LogP contribution in [0.4, 0.5) is 4.39 Å². The molecule has 7 nitrogen and oxygen atoms in total. The fourth-order valence-electron chi connectivity index (χ4n) is 2.60. The van der Waals surface area contributed by atoms with Crippen LogP contribution in [0.1, 0.15) is 16.9 Å². The van der Waals surface area contributed by atoms with Crippen molar-refractivity contribution < 1.29 is 19.1 Å². The third-order valence-corrected chi connectivity index (χ3v) is 3.92. The van der Waals surface area contributed by atoms with E-state index in [1.54, 1.807) is 0 Å². The Morgan fingerprint density at radius 2 is 1.88 bits per heavy atom. The maximum absolute atomic E-state index is 13.0. The van der Waals surface area contributed by atoms with Gasteiger partial charge in [0.05, 0.1) is 11.6 Å². The van der Waals surface area contributed by atoms with Crippen LogP contribution in [0.15, 0.2) is 41.2 Å². The van der Waals surface area contributed by atoms with Crippen molar-refractivity contribution in [1.82, 2.24) is 14.7 Å². The first-order valence-corrected chi connectivity index (χ1v) is 7.34. The van der Waals surface area contributed by atoms with Gasteiger partial charge < -0.3 is 10.0 Å². The number of hydrogen-bond donors (Lipinski definition) is 1. The van der Waals surface area contributed by atoms with E-state index in [9.17, 15) is 18.8 Å². The fourth-order valence-corrected chi connectivity index (χ4v) is 2.60. The van der Waals surface area contributed by atoms with Crippen molar-refractivity contribution in [3.8, 4) is 5.69 Å². The monoisotopic (exact) mass is 331 g/mol. The smallest absolute Gasteiger partial charge is 0.308 e. The second kappa shape index (κ2) is 6.23. The summed E-state index contributed by atoms with van der Waals surface area (Å²) in [5, 5.41) is 13.0. The Balaban J connectivity index is 1.88. The van der Waals surface area contributed by atoms with E-state index in [-0.39, 0.29) is 12.2 Å². The topological polar surface area (TPSA) is 92.5 Å². The van der Waals surface area contributed by atoms with Crippen molar-refractivity contribution >= 4 is 11.9 Å². The second-order valence-corrected chi connectivity index (χ2v) is 5.52. The van der Waals surface area contributed by atoms with Crippen molar-refractivity contribution in [1.29, 1.82) is 0 Å². The molecule has 1 atom stereocenters. The molecule has 1 aromatic heterocycles. The highest BCUT2D eigenvalue weighted by Gasteiger charge is 2.32. The summed E-state index contributed by atoms with van der Waals surface area (Å²) >= 11 is 0. The number of amides is 1. The number of aromatic nitrogens is 2. The third kappa shape index (κ3) is 3.03. The van der Waals surface area contributed by atoms with Crippen LogP contribution in [0.25, 0.3) is 5.69 Å². The van der Waals surface area contributed by atoms with Crippen LogP contribution in [0, 0.1) is 11.7 Å². The Morgan fingerprint density at radius 3 is 2.50 bits per heavy atom. The molecule has 2 heterocycles. The summed E-state index contributed by atoms with van der Waals surface area (Å²) in [6.45, 7) is 0.443. The van der Waals surface area contributed by atoms with Crippen LogP contribution in [0.5, 0.6) is 0 Å². The van der Waals surface area contributed by atoms with Gasteiger partial charge in [0.1, 0.15) is 11.5 Å². The highest BCUT2D eigenvalue weighted by molar-refractivity contribution is 5.92. The van der Waals surface area contributed by atoms with Gasteiger partial charge in [-0.25, -0.2) is 4.39 Å². The average Bonchev–Trinajstić information content (AvgIpc) is 3.06. The first kappa shape index (κ1) is 15.9. The Bertz CT molecular complexity index is 847. The molecule has 0 aliphatic carbocycles. The minimum Gasteiger partial charge on any atom is -0.481 e. The first-order valence-electron chi connectivity index (χ1n) is 7.34. The first-order chi connectivity index (χ1) is 11.5. The molecule has 2 aromatic rings. The maximum atomic E-state index is 13.0. The molecular formula is C16H14FN3O4. The number of benzene rings is 1. The zero-order valence-corrected chi connectivity index (χ0v) is 12.6. The van der Waals surface area contributed by atoms with Gasteiger partial charge in [0.25, 0.3) is 11.5 Å². The standard InChI is InChI=1S/C16H14FN3O4/c17-11-1-3-12(4-2-11)20-14(21)6-5-13(18-20)15(22)19-8-7-10(9-19)16(23)24/h1-6,10H,7-9H2,(H,23,24). The van der Waals surface area contributed by atoms with Gasteiger partial charge in [-0.2, -0.15) is 9.78 Å². The van der Waals surface area contributed by atoms with Crippen molar-refractivity contribution in [2.45, 2.75) is 6.42 Å². The molecule has 1 saturated heterocycles. The molecule has 24 heavy (non-hydrogen) atoms. The molecule has 1 aliphatic heterocycles. The zero-order valence-electron chi connectivity index (χ0n) is 12.6. The van der Waals surface area contributed by atoms with Gasteiger partial charge in [-0.3, -0.25) is 14.4 Å². The Morgan fingerprint density at radius 1 is 1.17 bits per heavy atom. The Hall–Kier alpha value is -3.03. The number of carbonyl (C=O) groups excluding carboxylic acids is 1. The lowest BCUT2D eigenvalue weighted by atomic mass is 10.1. The SMILES string of the molecule is O=C(O)C1CCN(C(=O)c2ccc(=O)n(-c3ccc(F)cc3)n2)C1. The molecule has 1 aliphatic rings. The molecular weight excluding hydrogens is 317 g/mol. The minimum atomic E-state index is -0.936. The number of carboxylic acids is 1. The summed E-state index contributed by atoms with van der Waals surface area (Å²) in [5.41, 5.74) is -0.0890. The summed E-state index contributed by atoms with van der Waals surface area (Å²) in [6, 6.07) is 7.65. The quantitative estimate of drug-likeness (QED) is 0.903. The van der Waals surface area contributed by atoms with Gasteiger partial charge in [0.2, 0.25) is 0 Å². The van der Waals surface area contributed by atoms with Gasteiger partial charge in [-0.05, 0) is 36.8 Å². The lowest BCUT2D eigenvalue weighted by Gasteiger charge is -2.15. The molecule has 124 valence electrons. The number of carboxylic acid groups (broad SMARTS) is 1. The van der Waals surface area contributed by atoms with Crippen molar-refractivity contribution in [3.63, 3.8) is 0 Å². The van der Waals surface area contributed by atoms with E-state index < -0.39 is 29.2 Å². The van der Waals surface area contributed by atoms with E-state index >= 15 is 0 Å². The number of nitrogens with zero attached hydrogens (tertiary/aromatic N) is 3. The van der Waals surface area contributed by atoms with Crippen molar-refractivity contribution in [3.05, 3.63) is 58.3 Å². The highest BCUT2D eigenvalue weighted by Crippen LogP contribution is 2.18. The van der Waals surface area contributed by atoms with E-state index in [0.717, 1.165) is 4.68 Å². The molecule has 1 aromatic carbocycles. The van der Waals surface area contributed by atoms with Crippen molar-refractivity contribution in [2.24, 2.45) is 5.92 Å². The number of hydrogen-bond acceptors (Lipinski definition) is 4. The number of halogens is 1. The lowest BCUT2D eigenvalue weighted by Crippen LogP contribution is -2.32. The Kier molecular flexibility index (Phi) is 4.11. The van der Waals surface area contributed by atoms with Crippen LogP contribution >= 0.6 is 0 Å². The van der Waals surface area contributed by atoms with Crippen LogP contribution in [-0.4, -0.2) is 44.8 Å². The lowest BCUT2D eigenvalue weighted by molar-refractivity contribution is -0.141. The predicted octanol–water partition coefficient (Wildman–Crippen LogP) is 0.918. The van der Waals surface area contributed by atoms with Crippen LogP contribution < -0.4 is 5.56 Å². The molecule has 1 fully saturated rings. The van der Waals surface area contributed by atoms with Crippen LogP contribution in [-0.2, 0) is 4.79 Å². The second-order valence-electron chi connectivity index (χ2n) is 5.52. The Labute approximate surface area is 135 Å². The summed E-state index contributed by atoms with van der Waals surface area (Å²) in [5.74, 6) is -2.41. The number of carbonyl (C=O) groups is 2. The maximum Gasteiger partial charge on any atom is 0.308 e. The molecule has 0 spiro atoms. The van der Waals surface area contributed by atoms with Crippen molar-refractivity contribution in [2.75, 3.05) is 13.1 Å². The molecule has 0 bridgehead atoms. The van der Waals surface area contributed by atoms with Gasteiger partial charge in [0, 0.05) is 19.2 Å². The number of likely N-dealkylation sites (tertiary alicyclic amines) is 1. The van der Waals surface area contributed by atoms with E-state index in [2.05, 4.69) is 5.10 Å². The third-order valence-electron chi connectivity index (χ3n) is 3.92. The summed E-state index contributed by atoms with van der Waals surface area (Å²) in [4.78, 5) is 36.8. The average molecular weight is 331 g/mol. The molecule has 3 rings (SSSR count). The summed E-state index contributed by atoms with van der Waals surface area (Å²) in [6.07, 6.45) is 0.388. The number of aliphatic carboxylic acids is 1. The van der Waals surface area contributed by atoms with E-state index in [4.69, 9.17) is 5.11 Å². The fraction of sp³-hybridized carbons (Fsp3) is 0.250. The molecule has 1 amide bonds. The van der Waals surface area contributed by atoms with E-state index in [1.165, 1.54) is 41.3 Å². The molecule has 8 heteroatoms. The summed E-state index contributed by atoms with van der Waals surface area (Å²) < 4.78 is 14.0. The van der Waals surface area contributed by atoms with E-state index in [1.807, 2.05) is 0 Å². The predicted molar refractivity (Wildman–Crippen MR) is 81.4 cm³/mol. The van der Waals surface area contributed by atoms with E-state index in [0.29, 0.717) is 18.7 Å². The molecule has 1 unspecified atom stereocenters. The molecule has 0 saturated carbocycles. The highest BCUT2D eigenvalue weighted by atomic mass is 19.1. The van der Waals surface area contributed by atoms with Gasteiger partial charge in [0.15, 0.2) is 0 Å². The minimum absolute atomic E-state index is 0.0324. The van der Waals surface area contributed by atoms with Crippen LogP contribution in [0.3, 0.4) is 0 Å². The zero-order chi connectivity index (χ0) is 17.3. The normalized spacial score (nSPS) is 17.0.